The summed E-state index contributed by atoms with van der Waals surface area (Å²) in [5.41, 5.74) is 2.47. The molecule has 2 amide bonds. The summed E-state index contributed by atoms with van der Waals surface area (Å²) in [7, 11) is 0. The summed E-state index contributed by atoms with van der Waals surface area (Å²) in [5.74, 6) is -0.922. The van der Waals surface area contributed by atoms with Crippen LogP contribution in [0.2, 0.25) is 0 Å². The van der Waals surface area contributed by atoms with E-state index in [1.165, 1.54) is 17.7 Å². The van der Waals surface area contributed by atoms with Gasteiger partial charge in [-0.1, -0.05) is 72.8 Å². The Hall–Kier alpha value is -3.99. The second-order valence-electron chi connectivity index (χ2n) is 8.30. The number of rotatable bonds is 9. The van der Waals surface area contributed by atoms with E-state index in [2.05, 4.69) is 22.8 Å². The van der Waals surface area contributed by atoms with Gasteiger partial charge in [0.15, 0.2) is 0 Å². The standard InChI is InChI=1S/C29H27FN2O2/c30-26-16-12-22(13-17-26)19-27(29(34)31-18-6-9-21-7-2-1-3-8-21)32-28(33)25-15-14-23-10-4-5-11-24(23)20-25/h1-5,7-8,10-17,20,27H,6,9,18-19H2,(H,31,34)(H,32,33). The first kappa shape index (κ1) is 23.2. The van der Waals surface area contributed by atoms with Crippen molar-refractivity contribution in [2.45, 2.75) is 25.3 Å². The van der Waals surface area contributed by atoms with Crippen molar-refractivity contribution in [2.75, 3.05) is 6.54 Å². The third kappa shape index (κ3) is 6.29. The van der Waals surface area contributed by atoms with Gasteiger partial charge in [0.2, 0.25) is 5.91 Å². The van der Waals surface area contributed by atoms with Crippen molar-refractivity contribution in [1.82, 2.24) is 10.6 Å². The molecule has 0 spiro atoms. The Morgan fingerprint density at radius 2 is 1.47 bits per heavy atom. The molecule has 1 unspecified atom stereocenters. The molecule has 2 N–H and O–H groups in total. The molecule has 4 aromatic carbocycles. The van der Waals surface area contributed by atoms with Crippen molar-refractivity contribution in [3.63, 3.8) is 0 Å². The Morgan fingerprint density at radius 3 is 2.24 bits per heavy atom. The topological polar surface area (TPSA) is 58.2 Å². The van der Waals surface area contributed by atoms with Crippen LogP contribution in [0.1, 0.15) is 27.9 Å². The van der Waals surface area contributed by atoms with Crippen LogP contribution < -0.4 is 10.6 Å². The Bertz CT molecular complexity index is 1260. The summed E-state index contributed by atoms with van der Waals surface area (Å²) in [6.07, 6.45) is 1.91. The van der Waals surface area contributed by atoms with Crippen molar-refractivity contribution < 1.29 is 14.0 Å². The fraction of sp³-hybridized carbons (Fsp3) is 0.172. The third-order valence-electron chi connectivity index (χ3n) is 5.77. The highest BCUT2D eigenvalue weighted by Crippen LogP contribution is 2.16. The van der Waals surface area contributed by atoms with Crippen LogP contribution in [0.5, 0.6) is 0 Å². The van der Waals surface area contributed by atoms with Crippen molar-refractivity contribution in [3.05, 3.63) is 120 Å². The van der Waals surface area contributed by atoms with Crippen molar-refractivity contribution in [1.29, 1.82) is 0 Å². The maximum Gasteiger partial charge on any atom is 0.251 e. The van der Waals surface area contributed by atoms with Gasteiger partial charge in [-0.3, -0.25) is 9.59 Å². The molecule has 0 saturated carbocycles. The van der Waals surface area contributed by atoms with Gasteiger partial charge in [-0.15, -0.1) is 0 Å². The molecule has 172 valence electrons. The van der Waals surface area contributed by atoms with E-state index in [9.17, 15) is 14.0 Å². The first-order valence-electron chi connectivity index (χ1n) is 11.4. The van der Waals surface area contributed by atoms with Gasteiger partial charge >= 0.3 is 0 Å². The van der Waals surface area contributed by atoms with Crippen LogP contribution in [-0.2, 0) is 17.6 Å². The number of halogens is 1. The lowest BCUT2D eigenvalue weighted by Crippen LogP contribution is -2.48. The van der Waals surface area contributed by atoms with E-state index in [0.29, 0.717) is 12.1 Å². The molecule has 0 aliphatic heterocycles. The number of fused-ring (bicyclic) bond motifs is 1. The highest BCUT2D eigenvalue weighted by molar-refractivity contribution is 6.00. The van der Waals surface area contributed by atoms with Gasteiger partial charge in [0, 0.05) is 18.5 Å². The monoisotopic (exact) mass is 454 g/mol. The fourth-order valence-corrected chi connectivity index (χ4v) is 3.91. The molecule has 1 atom stereocenters. The van der Waals surface area contributed by atoms with Crippen LogP contribution in [0.25, 0.3) is 10.8 Å². The number of carbonyl (C=O) groups excluding carboxylic acids is 2. The van der Waals surface area contributed by atoms with Crippen LogP contribution in [0.4, 0.5) is 4.39 Å². The quantitative estimate of drug-likeness (QED) is 0.347. The van der Waals surface area contributed by atoms with E-state index < -0.39 is 6.04 Å². The van der Waals surface area contributed by atoms with Crippen molar-refractivity contribution in [2.24, 2.45) is 0 Å². The van der Waals surface area contributed by atoms with Gasteiger partial charge < -0.3 is 10.6 Å². The summed E-state index contributed by atoms with van der Waals surface area (Å²) < 4.78 is 13.3. The SMILES string of the molecule is O=C(NC(Cc1ccc(F)cc1)C(=O)NCCCc1ccccc1)c1ccc2ccccc2c1. The molecule has 0 bridgehead atoms. The van der Waals surface area contributed by atoms with Crippen LogP contribution >= 0.6 is 0 Å². The molecular weight excluding hydrogens is 427 g/mol. The van der Waals surface area contributed by atoms with Gasteiger partial charge in [-0.2, -0.15) is 0 Å². The van der Waals surface area contributed by atoms with Gasteiger partial charge in [-0.05, 0) is 59.0 Å². The highest BCUT2D eigenvalue weighted by atomic mass is 19.1. The molecule has 0 fully saturated rings. The first-order chi connectivity index (χ1) is 16.6. The van der Waals surface area contributed by atoms with E-state index >= 15 is 0 Å². The smallest absolute Gasteiger partial charge is 0.251 e. The average molecular weight is 455 g/mol. The lowest BCUT2D eigenvalue weighted by molar-refractivity contribution is -0.122. The zero-order chi connectivity index (χ0) is 23.8. The predicted octanol–water partition coefficient (Wildman–Crippen LogP) is 5.07. The number of hydrogen-bond donors (Lipinski definition) is 2. The van der Waals surface area contributed by atoms with Gasteiger partial charge in [0.1, 0.15) is 11.9 Å². The van der Waals surface area contributed by atoms with E-state index in [1.54, 1.807) is 18.2 Å². The lowest BCUT2D eigenvalue weighted by Gasteiger charge is -2.19. The molecular formula is C29H27FN2O2. The number of benzene rings is 4. The van der Waals surface area contributed by atoms with Gasteiger partial charge in [0.05, 0.1) is 0 Å². The second kappa shape index (κ2) is 11.2. The third-order valence-corrected chi connectivity index (χ3v) is 5.77. The zero-order valence-corrected chi connectivity index (χ0v) is 18.8. The van der Waals surface area contributed by atoms with E-state index in [-0.39, 0.29) is 24.1 Å². The minimum Gasteiger partial charge on any atom is -0.354 e. The summed E-state index contributed by atoms with van der Waals surface area (Å²) in [6.45, 7) is 0.499. The number of hydrogen-bond acceptors (Lipinski definition) is 2. The predicted molar refractivity (Wildman–Crippen MR) is 133 cm³/mol. The molecule has 0 heterocycles. The summed E-state index contributed by atoms with van der Waals surface area (Å²) in [4.78, 5) is 26.0. The van der Waals surface area contributed by atoms with Gasteiger partial charge in [-0.25, -0.2) is 4.39 Å². The molecule has 34 heavy (non-hydrogen) atoms. The summed E-state index contributed by atoms with van der Waals surface area (Å²) in [6, 6.07) is 28.5. The second-order valence-corrected chi connectivity index (χ2v) is 8.30. The summed E-state index contributed by atoms with van der Waals surface area (Å²) in [5, 5.41) is 7.81. The molecule has 4 nitrogen and oxygen atoms in total. The van der Waals surface area contributed by atoms with E-state index in [0.717, 1.165) is 29.2 Å². The van der Waals surface area contributed by atoms with Crippen LogP contribution in [0.3, 0.4) is 0 Å². The fourth-order valence-electron chi connectivity index (χ4n) is 3.91. The largest absolute Gasteiger partial charge is 0.354 e. The normalized spacial score (nSPS) is 11.7. The molecule has 0 saturated heterocycles. The van der Waals surface area contributed by atoms with Crippen molar-refractivity contribution >= 4 is 22.6 Å². The first-order valence-corrected chi connectivity index (χ1v) is 11.4. The summed E-state index contributed by atoms with van der Waals surface area (Å²) >= 11 is 0. The number of carbonyl (C=O) groups is 2. The van der Waals surface area contributed by atoms with Crippen molar-refractivity contribution in [3.8, 4) is 0 Å². The van der Waals surface area contributed by atoms with Gasteiger partial charge in [0.25, 0.3) is 5.91 Å². The zero-order valence-electron chi connectivity index (χ0n) is 18.8. The maximum absolute atomic E-state index is 13.3. The Labute approximate surface area is 198 Å². The number of nitrogens with one attached hydrogen (secondary N) is 2. The number of aryl methyl sites for hydroxylation is 1. The lowest BCUT2D eigenvalue weighted by atomic mass is 10.0. The number of amides is 2. The van der Waals surface area contributed by atoms with Crippen LogP contribution in [0.15, 0.2) is 97.1 Å². The Kier molecular flexibility index (Phi) is 7.66. The van der Waals surface area contributed by atoms with Crippen LogP contribution in [0, 0.1) is 5.82 Å². The molecule has 5 heteroatoms. The Morgan fingerprint density at radius 1 is 0.765 bits per heavy atom. The van der Waals surface area contributed by atoms with Crippen LogP contribution in [-0.4, -0.2) is 24.4 Å². The van der Waals surface area contributed by atoms with E-state index in [1.807, 2.05) is 54.6 Å². The average Bonchev–Trinajstić information content (AvgIpc) is 2.87. The molecule has 0 aliphatic rings. The molecule has 0 radical (unpaired) electrons. The molecule has 0 aliphatic carbocycles. The minimum absolute atomic E-state index is 0.258. The minimum atomic E-state index is -0.777. The van der Waals surface area contributed by atoms with E-state index in [4.69, 9.17) is 0 Å². The molecule has 4 aromatic rings. The molecule has 4 rings (SSSR count). The highest BCUT2D eigenvalue weighted by Gasteiger charge is 2.22. The molecule has 0 aromatic heterocycles. The Balaban J connectivity index is 1.43. The maximum atomic E-state index is 13.3.